The summed E-state index contributed by atoms with van der Waals surface area (Å²) in [5.41, 5.74) is 6.11. The number of rotatable bonds is 3. The molecule has 1 aliphatic carbocycles. The summed E-state index contributed by atoms with van der Waals surface area (Å²) in [6.45, 7) is 2.47. The number of ether oxygens (including phenoxy) is 1. The number of benzene rings is 1. The Hall–Kier alpha value is -1.78. The molecule has 1 aromatic rings. The molecule has 114 valence electrons. The van der Waals surface area contributed by atoms with Crippen molar-refractivity contribution in [2.45, 2.75) is 44.2 Å². The highest BCUT2D eigenvalue weighted by molar-refractivity contribution is 5.82. The Labute approximate surface area is 124 Å². The zero-order chi connectivity index (χ0) is 15.0. The Morgan fingerprint density at radius 3 is 2.76 bits per heavy atom. The van der Waals surface area contributed by atoms with Crippen molar-refractivity contribution in [2.75, 3.05) is 13.7 Å². The summed E-state index contributed by atoms with van der Waals surface area (Å²) in [7, 11) is 1.57. The average molecular weight is 291 g/mol. The summed E-state index contributed by atoms with van der Waals surface area (Å²) in [5, 5.41) is 0. The summed E-state index contributed by atoms with van der Waals surface area (Å²) >= 11 is 0. The van der Waals surface area contributed by atoms with Crippen LogP contribution in [0, 0.1) is 5.82 Å². The van der Waals surface area contributed by atoms with Crippen molar-refractivity contribution >= 4 is 5.96 Å². The molecule has 2 N–H and O–H groups in total. The fourth-order valence-electron chi connectivity index (χ4n) is 3.79. The Kier molecular flexibility index (Phi) is 3.51. The van der Waals surface area contributed by atoms with Crippen LogP contribution in [-0.4, -0.2) is 30.6 Å². The van der Waals surface area contributed by atoms with E-state index >= 15 is 0 Å². The molecule has 3 rings (SSSR count). The minimum atomic E-state index is -0.574. The lowest BCUT2D eigenvalue weighted by Gasteiger charge is -2.41. The van der Waals surface area contributed by atoms with Crippen LogP contribution in [0.4, 0.5) is 4.39 Å². The Balaban J connectivity index is 2.07. The van der Waals surface area contributed by atoms with Crippen LogP contribution in [0.25, 0.3) is 0 Å². The molecule has 1 atom stereocenters. The molecule has 1 aliphatic heterocycles. The number of halogens is 1. The zero-order valence-corrected chi connectivity index (χ0v) is 12.6. The molecule has 1 unspecified atom stereocenters. The Morgan fingerprint density at radius 1 is 1.38 bits per heavy atom. The first-order chi connectivity index (χ1) is 10.1. The summed E-state index contributed by atoms with van der Waals surface area (Å²) < 4.78 is 19.9. The van der Waals surface area contributed by atoms with Gasteiger partial charge in [0.05, 0.1) is 24.8 Å². The van der Waals surface area contributed by atoms with Gasteiger partial charge in [-0.25, -0.2) is 4.39 Å². The van der Waals surface area contributed by atoms with Crippen LogP contribution in [0.1, 0.15) is 38.2 Å². The SMILES string of the molecule is COc1cccc(F)c1C1(C)CN=C(N)N1C1CCCC1. The Morgan fingerprint density at radius 2 is 2.10 bits per heavy atom. The summed E-state index contributed by atoms with van der Waals surface area (Å²) in [5.74, 6) is 0.824. The van der Waals surface area contributed by atoms with Gasteiger partial charge in [0.1, 0.15) is 11.6 Å². The lowest BCUT2D eigenvalue weighted by atomic mass is 9.88. The van der Waals surface area contributed by atoms with E-state index in [0.717, 1.165) is 12.8 Å². The van der Waals surface area contributed by atoms with Crippen LogP contribution >= 0.6 is 0 Å². The molecule has 21 heavy (non-hydrogen) atoms. The third-order valence-corrected chi connectivity index (χ3v) is 4.75. The van der Waals surface area contributed by atoms with Crippen LogP contribution in [0.2, 0.25) is 0 Å². The largest absolute Gasteiger partial charge is 0.496 e. The number of guanidine groups is 1. The Bertz CT molecular complexity index is 569. The molecule has 5 heteroatoms. The third kappa shape index (κ3) is 2.15. The standard InChI is InChI=1S/C16H22FN3O/c1-16(14-12(17)8-5-9-13(14)21-2)10-19-15(18)20(16)11-6-3-4-7-11/h5,8-9,11H,3-4,6-7,10H2,1-2H3,(H2,18,19). The molecule has 0 radical (unpaired) electrons. The molecule has 1 fully saturated rings. The highest BCUT2D eigenvalue weighted by Gasteiger charge is 2.46. The van der Waals surface area contributed by atoms with E-state index in [9.17, 15) is 4.39 Å². The number of nitrogens with zero attached hydrogens (tertiary/aromatic N) is 2. The molecule has 4 nitrogen and oxygen atoms in total. The molecule has 0 amide bonds. The second-order valence-electron chi connectivity index (χ2n) is 6.07. The zero-order valence-electron chi connectivity index (χ0n) is 12.6. The van der Waals surface area contributed by atoms with Crippen LogP contribution in [0.15, 0.2) is 23.2 Å². The molecule has 0 saturated heterocycles. The van der Waals surface area contributed by atoms with Gasteiger partial charge in [-0.05, 0) is 31.9 Å². The lowest BCUT2D eigenvalue weighted by molar-refractivity contribution is 0.158. The van der Waals surface area contributed by atoms with E-state index in [2.05, 4.69) is 9.89 Å². The second kappa shape index (κ2) is 5.20. The van der Waals surface area contributed by atoms with E-state index in [1.165, 1.54) is 18.9 Å². The minimum Gasteiger partial charge on any atom is -0.496 e. The van der Waals surface area contributed by atoms with Gasteiger partial charge >= 0.3 is 0 Å². The van der Waals surface area contributed by atoms with E-state index in [0.29, 0.717) is 29.9 Å². The van der Waals surface area contributed by atoms with Gasteiger partial charge in [0, 0.05) is 6.04 Å². The quantitative estimate of drug-likeness (QED) is 0.931. The fraction of sp³-hybridized carbons (Fsp3) is 0.562. The van der Waals surface area contributed by atoms with Crippen LogP contribution < -0.4 is 10.5 Å². The lowest BCUT2D eigenvalue weighted by Crippen LogP contribution is -2.52. The van der Waals surface area contributed by atoms with Crippen LogP contribution in [0.3, 0.4) is 0 Å². The average Bonchev–Trinajstić information content (AvgIpc) is 3.07. The maximum atomic E-state index is 14.5. The molecule has 1 aromatic carbocycles. The number of aliphatic imine (C=N–C) groups is 1. The van der Waals surface area contributed by atoms with Crippen molar-refractivity contribution in [1.29, 1.82) is 0 Å². The van der Waals surface area contributed by atoms with Crippen molar-refractivity contribution in [3.63, 3.8) is 0 Å². The smallest absolute Gasteiger partial charge is 0.192 e. The fourth-order valence-corrected chi connectivity index (χ4v) is 3.79. The van der Waals surface area contributed by atoms with Gasteiger partial charge in [-0.2, -0.15) is 0 Å². The van der Waals surface area contributed by atoms with Crippen LogP contribution in [-0.2, 0) is 5.54 Å². The summed E-state index contributed by atoms with van der Waals surface area (Å²) in [4.78, 5) is 6.52. The first-order valence-corrected chi connectivity index (χ1v) is 7.50. The number of hydrogen-bond acceptors (Lipinski definition) is 4. The summed E-state index contributed by atoms with van der Waals surface area (Å²) in [6.07, 6.45) is 4.56. The molecule has 2 aliphatic rings. The van der Waals surface area contributed by atoms with Gasteiger partial charge in [0.15, 0.2) is 5.96 Å². The monoisotopic (exact) mass is 291 g/mol. The van der Waals surface area contributed by atoms with E-state index < -0.39 is 5.54 Å². The van der Waals surface area contributed by atoms with Crippen molar-refractivity contribution in [2.24, 2.45) is 10.7 Å². The first-order valence-electron chi connectivity index (χ1n) is 7.50. The van der Waals surface area contributed by atoms with Gasteiger partial charge in [0.2, 0.25) is 0 Å². The predicted octanol–water partition coefficient (Wildman–Crippen LogP) is 2.62. The highest BCUT2D eigenvalue weighted by Crippen LogP contribution is 2.43. The maximum Gasteiger partial charge on any atom is 0.192 e. The first kappa shape index (κ1) is 14.2. The topological polar surface area (TPSA) is 50.9 Å². The van der Waals surface area contributed by atoms with Crippen molar-refractivity contribution < 1.29 is 9.13 Å². The van der Waals surface area contributed by atoms with Crippen LogP contribution in [0.5, 0.6) is 5.75 Å². The predicted molar refractivity (Wildman–Crippen MR) is 80.9 cm³/mol. The molecule has 0 aromatic heterocycles. The van der Waals surface area contributed by atoms with Gasteiger partial charge < -0.3 is 15.4 Å². The summed E-state index contributed by atoms with van der Waals surface area (Å²) in [6, 6.07) is 5.28. The number of methoxy groups -OCH3 is 1. The van der Waals surface area contributed by atoms with E-state index in [1.807, 2.05) is 6.92 Å². The van der Waals surface area contributed by atoms with Gasteiger partial charge in [-0.15, -0.1) is 0 Å². The molecule has 0 spiro atoms. The van der Waals surface area contributed by atoms with E-state index in [4.69, 9.17) is 10.5 Å². The van der Waals surface area contributed by atoms with E-state index in [-0.39, 0.29) is 5.82 Å². The van der Waals surface area contributed by atoms with Gasteiger partial charge in [-0.3, -0.25) is 4.99 Å². The van der Waals surface area contributed by atoms with Crippen molar-refractivity contribution in [1.82, 2.24) is 4.90 Å². The normalized spacial score (nSPS) is 26.2. The highest BCUT2D eigenvalue weighted by atomic mass is 19.1. The van der Waals surface area contributed by atoms with Crippen molar-refractivity contribution in [3.8, 4) is 5.75 Å². The number of nitrogens with two attached hydrogens (primary N) is 1. The third-order valence-electron chi connectivity index (χ3n) is 4.75. The van der Waals surface area contributed by atoms with Crippen molar-refractivity contribution in [3.05, 3.63) is 29.6 Å². The minimum absolute atomic E-state index is 0.259. The number of hydrogen-bond donors (Lipinski definition) is 1. The second-order valence-corrected chi connectivity index (χ2v) is 6.07. The molecular formula is C16H22FN3O. The molecule has 1 saturated carbocycles. The maximum absolute atomic E-state index is 14.5. The van der Waals surface area contributed by atoms with E-state index in [1.54, 1.807) is 19.2 Å². The van der Waals surface area contributed by atoms with Gasteiger partial charge in [0.25, 0.3) is 0 Å². The molecule has 1 heterocycles. The molecule has 0 bridgehead atoms. The molecular weight excluding hydrogens is 269 g/mol. The van der Waals surface area contributed by atoms with Gasteiger partial charge in [-0.1, -0.05) is 18.9 Å².